The molecule has 0 aliphatic heterocycles. The van der Waals surface area contributed by atoms with Crippen LogP contribution in [0.2, 0.25) is 0 Å². The molecule has 230 valence electrons. The third-order valence-corrected chi connectivity index (χ3v) is 7.47. The van der Waals surface area contributed by atoms with E-state index in [1.807, 2.05) is 18.6 Å². The average molecular weight is 628 g/mol. The molecule has 3 aromatic carbocycles. The van der Waals surface area contributed by atoms with E-state index in [0.29, 0.717) is 28.6 Å². The highest BCUT2D eigenvalue weighted by Gasteiger charge is 2.23. The maximum atomic E-state index is 15.6. The number of anilines is 3. The number of benzene rings is 3. The van der Waals surface area contributed by atoms with Crippen LogP contribution >= 0.6 is 0 Å². The third-order valence-electron chi connectivity index (χ3n) is 6.09. The number of hydrogen-bond acceptors (Lipinski definition) is 10. The molecular weight excluding hydrogens is 599 g/mol. The summed E-state index contributed by atoms with van der Waals surface area (Å²) in [4.78, 5) is 15.6. The summed E-state index contributed by atoms with van der Waals surface area (Å²) < 4.78 is 81.0. The molecule has 0 amide bonds. The van der Waals surface area contributed by atoms with Gasteiger partial charge in [0.25, 0.3) is 10.0 Å². The Morgan fingerprint density at radius 3 is 2.25 bits per heavy atom. The number of sulfonamides is 1. The summed E-state index contributed by atoms with van der Waals surface area (Å²) in [5.41, 5.74) is 12.2. The van der Waals surface area contributed by atoms with E-state index in [9.17, 15) is 17.2 Å². The Morgan fingerprint density at radius 1 is 0.909 bits per heavy atom. The van der Waals surface area contributed by atoms with Crippen LogP contribution < -0.4 is 20.9 Å². The standard InChI is InChI=1S/C25H18F3N7O3S.C4H10O/c1-38-19-8-12(7-16-22(19)33-24(34-23(16)29)13-10-31-25(30)32-11-13)15-3-2-4-18(21(15)28)35-39(36,37)20-9-14(26)5-6-17(20)27;1-3-5-4-2/h2-11,35H,1H3,(H2,29,33,34)(H2,30,31,32);3-4H2,1-2H3. The third kappa shape index (κ3) is 6.95. The number of fused-ring (bicyclic) bond motifs is 1. The van der Waals surface area contributed by atoms with Crippen molar-refractivity contribution in [2.24, 2.45) is 0 Å². The van der Waals surface area contributed by atoms with Gasteiger partial charge in [0.05, 0.1) is 18.4 Å². The number of hydrogen-bond donors (Lipinski definition) is 3. The van der Waals surface area contributed by atoms with E-state index < -0.39 is 38.1 Å². The summed E-state index contributed by atoms with van der Waals surface area (Å²) in [6.45, 7) is 5.67. The fraction of sp³-hybridized carbons (Fsp3) is 0.172. The van der Waals surface area contributed by atoms with Gasteiger partial charge in [-0.3, -0.25) is 4.72 Å². The first-order valence-corrected chi connectivity index (χ1v) is 14.5. The van der Waals surface area contributed by atoms with E-state index in [-0.39, 0.29) is 34.5 Å². The number of methoxy groups -OCH3 is 1. The van der Waals surface area contributed by atoms with Crippen molar-refractivity contribution in [3.8, 4) is 28.3 Å². The Hall–Kier alpha value is -5.02. The number of nitrogen functional groups attached to an aromatic ring is 2. The Bertz CT molecular complexity index is 1910. The second-order valence-electron chi connectivity index (χ2n) is 8.97. The van der Waals surface area contributed by atoms with Crippen LogP contribution in [0.1, 0.15) is 13.8 Å². The highest BCUT2D eigenvalue weighted by atomic mass is 32.2. The lowest BCUT2D eigenvalue weighted by Crippen LogP contribution is -2.16. The van der Waals surface area contributed by atoms with Crippen molar-refractivity contribution in [1.29, 1.82) is 0 Å². The normalized spacial score (nSPS) is 11.1. The molecule has 0 spiro atoms. The Morgan fingerprint density at radius 2 is 1.61 bits per heavy atom. The van der Waals surface area contributed by atoms with Gasteiger partial charge in [0.2, 0.25) is 5.95 Å². The van der Waals surface area contributed by atoms with E-state index >= 15 is 4.39 Å². The van der Waals surface area contributed by atoms with Crippen LogP contribution in [0.3, 0.4) is 0 Å². The van der Waals surface area contributed by atoms with Gasteiger partial charge in [-0.15, -0.1) is 0 Å². The van der Waals surface area contributed by atoms with Crippen molar-refractivity contribution in [2.45, 2.75) is 18.7 Å². The summed E-state index contributed by atoms with van der Waals surface area (Å²) in [5, 5.41) is 0.330. The first kappa shape index (κ1) is 31.9. The minimum absolute atomic E-state index is 0.0366. The first-order valence-electron chi connectivity index (χ1n) is 13.1. The second-order valence-corrected chi connectivity index (χ2v) is 10.6. The number of ether oxygens (including phenoxy) is 2. The van der Waals surface area contributed by atoms with Crippen LogP contribution in [-0.4, -0.2) is 48.7 Å². The fourth-order valence-corrected chi connectivity index (χ4v) is 5.19. The van der Waals surface area contributed by atoms with Crippen LogP contribution in [0.4, 0.5) is 30.6 Å². The summed E-state index contributed by atoms with van der Waals surface area (Å²) in [6, 6.07) is 8.86. The Kier molecular flexibility index (Phi) is 9.80. The highest BCUT2D eigenvalue weighted by molar-refractivity contribution is 7.92. The maximum absolute atomic E-state index is 15.6. The maximum Gasteiger partial charge on any atom is 0.265 e. The van der Waals surface area contributed by atoms with E-state index in [4.69, 9.17) is 20.9 Å². The Labute approximate surface area is 251 Å². The van der Waals surface area contributed by atoms with Gasteiger partial charge in [0.15, 0.2) is 11.6 Å². The molecule has 0 saturated heterocycles. The van der Waals surface area contributed by atoms with Crippen LogP contribution in [0.5, 0.6) is 5.75 Å². The fourth-order valence-electron chi connectivity index (χ4n) is 4.04. The lowest BCUT2D eigenvalue weighted by atomic mass is 10.0. The number of nitrogens with one attached hydrogen (secondary N) is 1. The van der Waals surface area contributed by atoms with Gasteiger partial charge in [0, 0.05) is 36.6 Å². The van der Waals surface area contributed by atoms with Gasteiger partial charge in [-0.2, -0.15) is 0 Å². The zero-order valence-electron chi connectivity index (χ0n) is 23.8. The van der Waals surface area contributed by atoms with Crippen LogP contribution in [-0.2, 0) is 14.8 Å². The summed E-state index contributed by atoms with van der Waals surface area (Å²) >= 11 is 0. The number of nitrogens with zero attached hydrogens (tertiary/aromatic N) is 4. The van der Waals surface area contributed by atoms with Crippen molar-refractivity contribution in [1.82, 2.24) is 19.9 Å². The minimum Gasteiger partial charge on any atom is -0.494 e. The summed E-state index contributed by atoms with van der Waals surface area (Å²) in [5.74, 6) is -2.59. The summed E-state index contributed by atoms with van der Waals surface area (Å²) in [6.07, 6.45) is 2.86. The number of rotatable bonds is 8. The van der Waals surface area contributed by atoms with E-state index in [1.165, 1.54) is 43.8 Å². The molecule has 44 heavy (non-hydrogen) atoms. The molecule has 0 saturated carbocycles. The molecule has 5 rings (SSSR count). The second kappa shape index (κ2) is 13.5. The molecule has 11 nitrogen and oxygen atoms in total. The Balaban J connectivity index is 0.000000818. The van der Waals surface area contributed by atoms with Gasteiger partial charge in [0.1, 0.15) is 33.6 Å². The van der Waals surface area contributed by atoms with Crippen molar-refractivity contribution >= 4 is 38.4 Å². The molecular formula is C29H28F3N7O4S. The van der Waals surface area contributed by atoms with Gasteiger partial charge >= 0.3 is 0 Å². The molecule has 5 N–H and O–H groups in total. The van der Waals surface area contributed by atoms with Gasteiger partial charge in [-0.05, 0) is 55.8 Å². The molecule has 0 radical (unpaired) electrons. The van der Waals surface area contributed by atoms with E-state index in [0.717, 1.165) is 25.3 Å². The van der Waals surface area contributed by atoms with Crippen LogP contribution in [0.15, 0.2) is 65.8 Å². The van der Waals surface area contributed by atoms with Crippen molar-refractivity contribution in [3.63, 3.8) is 0 Å². The molecule has 0 aliphatic carbocycles. The molecule has 2 aromatic heterocycles. The number of halogens is 3. The van der Waals surface area contributed by atoms with Crippen LogP contribution in [0, 0.1) is 17.5 Å². The molecule has 0 bridgehead atoms. The van der Waals surface area contributed by atoms with Gasteiger partial charge in [-0.25, -0.2) is 41.5 Å². The molecule has 2 heterocycles. The van der Waals surface area contributed by atoms with Crippen LogP contribution in [0.25, 0.3) is 33.4 Å². The highest BCUT2D eigenvalue weighted by Crippen LogP contribution is 2.37. The minimum atomic E-state index is -4.66. The number of nitrogens with two attached hydrogens (primary N) is 2. The smallest absolute Gasteiger partial charge is 0.265 e. The lowest BCUT2D eigenvalue weighted by molar-refractivity contribution is 0.162. The quantitative estimate of drug-likeness (QED) is 0.208. The lowest BCUT2D eigenvalue weighted by Gasteiger charge is -2.14. The monoisotopic (exact) mass is 627 g/mol. The SMILES string of the molecule is CCOCC.COc1cc(-c2cccc(NS(=O)(=O)c3cc(F)ccc3F)c2F)cc2c(N)nc(-c3cnc(N)nc3)nc12. The summed E-state index contributed by atoms with van der Waals surface area (Å²) in [7, 11) is -3.28. The van der Waals surface area contributed by atoms with E-state index in [2.05, 4.69) is 19.9 Å². The molecule has 15 heteroatoms. The molecule has 0 unspecified atom stereocenters. The van der Waals surface area contributed by atoms with Crippen molar-refractivity contribution < 1.29 is 31.1 Å². The van der Waals surface area contributed by atoms with Gasteiger partial charge in [-0.1, -0.05) is 12.1 Å². The van der Waals surface area contributed by atoms with Crippen molar-refractivity contribution in [3.05, 3.63) is 78.4 Å². The largest absolute Gasteiger partial charge is 0.494 e. The average Bonchev–Trinajstić information content (AvgIpc) is 3.00. The van der Waals surface area contributed by atoms with E-state index in [1.54, 1.807) is 0 Å². The number of aromatic nitrogens is 4. The zero-order chi connectivity index (χ0) is 32.0. The molecule has 0 atom stereocenters. The predicted octanol–water partition coefficient (Wildman–Crippen LogP) is 5.19. The predicted molar refractivity (Wildman–Crippen MR) is 161 cm³/mol. The first-order chi connectivity index (χ1) is 21.0. The zero-order valence-corrected chi connectivity index (χ0v) is 24.6. The molecule has 0 fully saturated rings. The van der Waals surface area contributed by atoms with Gasteiger partial charge < -0.3 is 20.9 Å². The molecule has 0 aliphatic rings. The van der Waals surface area contributed by atoms with Crippen molar-refractivity contribution in [2.75, 3.05) is 36.5 Å². The molecule has 5 aromatic rings. The topological polar surface area (TPSA) is 168 Å².